The summed E-state index contributed by atoms with van der Waals surface area (Å²) in [6.45, 7) is 2.99. The van der Waals surface area contributed by atoms with Crippen LogP contribution in [0.25, 0.3) is 0 Å². The van der Waals surface area contributed by atoms with Crippen molar-refractivity contribution >= 4 is 9.84 Å². The highest BCUT2D eigenvalue weighted by Gasteiger charge is 2.33. The first-order valence-electron chi connectivity index (χ1n) is 8.20. The van der Waals surface area contributed by atoms with Gasteiger partial charge in [0.1, 0.15) is 0 Å². The van der Waals surface area contributed by atoms with Gasteiger partial charge in [-0.2, -0.15) is 0 Å². The molecule has 2 atom stereocenters. The molecular formula is C17H25NO2S. The number of hydrogen-bond acceptors (Lipinski definition) is 3. The van der Waals surface area contributed by atoms with Gasteiger partial charge in [0.25, 0.3) is 0 Å². The van der Waals surface area contributed by atoms with Gasteiger partial charge >= 0.3 is 0 Å². The first-order chi connectivity index (χ1) is 10.1. The molecule has 0 aliphatic heterocycles. The van der Waals surface area contributed by atoms with Crippen LogP contribution in [0.4, 0.5) is 0 Å². The van der Waals surface area contributed by atoms with Crippen LogP contribution in [-0.2, 0) is 22.7 Å². The molecule has 2 aliphatic rings. The Kier molecular flexibility index (Phi) is 4.36. The standard InChI is InChI=1S/C17H25NO2S/c1-2-18-15-7-4-8-16(12-15)21(19,20)17-10-9-13-5-3-6-14(13)11-17/h9-11,15-16,18H,2-8,12H2,1H3. The van der Waals surface area contributed by atoms with Crippen molar-refractivity contribution in [3.8, 4) is 0 Å². The van der Waals surface area contributed by atoms with Gasteiger partial charge in [-0.15, -0.1) is 0 Å². The lowest BCUT2D eigenvalue weighted by Gasteiger charge is -2.29. The van der Waals surface area contributed by atoms with E-state index in [-0.39, 0.29) is 5.25 Å². The Morgan fingerprint density at radius 3 is 2.76 bits per heavy atom. The molecule has 2 aliphatic carbocycles. The number of sulfone groups is 1. The summed E-state index contributed by atoms with van der Waals surface area (Å²) in [5.74, 6) is 0. The Morgan fingerprint density at radius 2 is 1.95 bits per heavy atom. The molecule has 0 saturated heterocycles. The van der Waals surface area contributed by atoms with E-state index in [1.165, 1.54) is 11.1 Å². The first kappa shape index (κ1) is 15.0. The molecular weight excluding hydrogens is 282 g/mol. The molecule has 1 saturated carbocycles. The molecule has 0 aromatic heterocycles. The van der Waals surface area contributed by atoms with Gasteiger partial charge in [-0.25, -0.2) is 8.42 Å². The van der Waals surface area contributed by atoms with Gasteiger partial charge in [-0.3, -0.25) is 0 Å². The van der Waals surface area contributed by atoms with Crippen LogP contribution in [0.15, 0.2) is 23.1 Å². The van der Waals surface area contributed by atoms with E-state index < -0.39 is 9.84 Å². The maximum atomic E-state index is 12.9. The van der Waals surface area contributed by atoms with E-state index in [0.717, 1.165) is 51.5 Å². The predicted octanol–water partition coefficient (Wildman–Crippen LogP) is 2.87. The van der Waals surface area contributed by atoms with Gasteiger partial charge in [0.2, 0.25) is 0 Å². The highest BCUT2D eigenvalue weighted by atomic mass is 32.2. The molecule has 3 rings (SSSR count). The molecule has 0 spiro atoms. The quantitative estimate of drug-likeness (QED) is 0.930. The predicted molar refractivity (Wildman–Crippen MR) is 85.4 cm³/mol. The average Bonchev–Trinajstić information content (AvgIpc) is 2.95. The monoisotopic (exact) mass is 307 g/mol. The summed E-state index contributed by atoms with van der Waals surface area (Å²) in [6, 6.07) is 6.16. The maximum Gasteiger partial charge on any atom is 0.181 e. The Morgan fingerprint density at radius 1 is 1.14 bits per heavy atom. The minimum atomic E-state index is -3.17. The molecule has 1 fully saturated rings. The fourth-order valence-electron chi connectivity index (χ4n) is 3.82. The molecule has 0 heterocycles. The summed E-state index contributed by atoms with van der Waals surface area (Å²) >= 11 is 0. The van der Waals surface area contributed by atoms with E-state index in [0.29, 0.717) is 10.9 Å². The smallest absolute Gasteiger partial charge is 0.181 e. The van der Waals surface area contributed by atoms with Crippen molar-refractivity contribution in [2.24, 2.45) is 0 Å². The Labute approximate surface area is 128 Å². The second-order valence-electron chi connectivity index (χ2n) is 6.37. The van der Waals surface area contributed by atoms with Crippen LogP contribution in [0.1, 0.15) is 50.2 Å². The van der Waals surface area contributed by atoms with Gasteiger partial charge in [0.05, 0.1) is 10.1 Å². The molecule has 1 N–H and O–H groups in total. The summed E-state index contributed by atoms with van der Waals surface area (Å²) < 4.78 is 25.8. The Hall–Kier alpha value is -0.870. The Bertz CT molecular complexity index is 607. The summed E-state index contributed by atoms with van der Waals surface area (Å²) in [4.78, 5) is 0.547. The fraction of sp³-hybridized carbons (Fsp3) is 0.647. The zero-order valence-corrected chi connectivity index (χ0v) is 13.6. The van der Waals surface area contributed by atoms with Crippen LogP contribution >= 0.6 is 0 Å². The minimum Gasteiger partial charge on any atom is -0.314 e. The highest BCUT2D eigenvalue weighted by Crippen LogP contribution is 2.31. The molecule has 0 bridgehead atoms. The van der Waals surface area contributed by atoms with E-state index in [2.05, 4.69) is 12.2 Å². The van der Waals surface area contributed by atoms with Gasteiger partial charge in [0, 0.05) is 6.04 Å². The first-order valence-corrected chi connectivity index (χ1v) is 9.75. The van der Waals surface area contributed by atoms with Crippen molar-refractivity contribution in [3.63, 3.8) is 0 Å². The zero-order chi connectivity index (χ0) is 14.9. The van der Waals surface area contributed by atoms with Gasteiger partial charge in [-0.05, 0) is 68.3 Å². The minimum absolute atomic E-state index is 0.213. The molecule has 1 aromatic rings. The van der Waals surface area contributed by atoms with Gasteiger partial charge in [-0.1, -0.05) is 19.4 Å². The lowest BCUT2D eigenvalue weighted by molar-refractivity contribution is 0.377. The van der Waals surface area contributed by atoms with Crippen molar-refractivity contribution in [1.82, 2.24) is 5.32 Å². The molecule has 21 heavy (non-hydrogen) atoms. The summed E-state index contributed by atoms with van der Waals surface area (Å²) in [5.41, 5.74) is 2.58. The van der Waals surface area contributed by atoms with E-state index in [1.54, 1.807) is 0 Å². The van der Waals surface area contributed by atoms with Crippen LogP contribution in [0.5, 0.6) is 0 Å². The number of nitrogens with one attached hydrogen (secondary N) is 1. The third kappa shape index (κ3) is 3.02. The van der Waals surface area contributed by atoms with Crippen molar-refractivity contribution in [3.05, 3.63) is 29.3 Å². The van der Waals surface area contributed by atoms with Crippen LogP contribution in [0, 0.1) is 0 Å². The summed E-state index contributed by atoms with van der Waals surface area (Å²) in [6.07, 6.45) is 6.96. The van der Waals surface area contributed by atoms with E-state index in [1.807, 2.05) is 18.2 Å². The van der Waals surface area contributed by atoms with Gasteiger partial charge < -0.3 is 5.32 Å². The van der Waals surface area contributed by atoms with Crippen molar-refractivity contribution in [2.45, 2.75) is 68.1 Å². The molecule has 2 unspecified atom stereocenters. The highest BCUT2D eigenvalue weighted by molar-refractivity contribution is 7.92. The van der Waals surface area contributed by atoms with Crippen molar-refractivity contribution in [2.75, 3.05) is 6.54 Å². The van der Waals surface area contributed by atoms with E-state index >= 15 is 0 Å². The zero-order valence-electron chi connectivity index (χ0n) is 12.8. The number of aryl methyl sites for hydroxylation is 2. The molecule has 1 aromatic carbocycles. The van der Waals surface area contributed by atoms with Crippen LogP contribution in [-0.4, -0.2) is 26.3 Å². The van der Waals surface area contributed by atoms with Crippen LogP contribution in [0.3, 0.4) is 0 Å². The fourth-order valence-corrected chi connectivity index (χ4v) is 5.73. The third-order valence-corrected chi connectivity index (χ3v) is 7.17. The van der Waals surface area contributed by atoms with Crippen LogP contribution in [0.2, 0.25) is 0 Å². The molecule has 0 radical (unpaired) electrons. The normalized spacial score (nSPS) is 25.8. The number of fused-ring (bicyclic) bond motifs is 1. The lowest BCUT2D eigenvalue weighted by atomic mass is 9.95. The largest absolute Gasteiger partial charge is 0.314 e. The van der Waals surface area contributed by atoms with Gasteiger partial charge in [0.15, 0.2) is 9.84 Å². The molecule has 0 amide bonds. The van der Waals surface area contributed by atoms with Crippen LogP contribution < -0.4 is 5.32 Å². The third-order valence-electron chi connectivity index (χ3n) is 4.96. The van der Waals surface area contributed by atoms with E-state index in [9.17, 15) is 8.42 Å². The second kappa shape index (κ2) is 6.09. The summed E-state index contributed by atoms with van der Waals surface area (Å²) in [7, 11) is -3.17. The SMILES string of the molecule is CCNC1CCCC(S(=O)(=O)c2ccc3c(c2)CCC3)C1. The van der Waals surface area contributed by atoms with Crippen molar-refractivity contribution < 1.29 is 8.42 Å². The summed E-state index contributed by atoms with van der Waals surface area (Å²) in [5, 5.41) is 3.20. The molecule has 3 nitrogen and oxygen atoms in total. The number of hydrogen-bond donors (Lipinski definition) is 1. The lowest BCUT2D eigenvalue weighted by Crippen LogP contribution is -2.39. The number of rotatable bonds is 4. The second-order valence-corrected chi connectivity index (χ2v) is 8.60. The topological polar surface area (TPSA) is 46.2 Å². The molecule has 4 heteroatoms. The molecule has 116 valence electrons. The maximum absolute atomic E-state index is 12.9. The number of benzene rings is 1. The van der Waals surface area contributed by atoms with E-state index in [4.69, 9.17) is 0 Å². The van der Waals surface area contributed by atoms with Crippen molar-refractivity contribution in [1.29, 1.82) is 0 Å². The Balaban J connectivity index is 1.83. The average molecular weight is 307 g/mol.